The van der Waals surface area contributed by atoms with Gasteiger partial charge in [-0.05, 0) is 46.3 Å². The van der Waals surface area contributed by atoms with Crippen molar-refractivity contribution in [1.82, 2.24) is 30.4 Å². The Kier molecular flexibility index (Phi) is 4.28. The van der Waals surface area contributed by atoms with Crippen LogP contribution < -0.4 is 20.3 Å². The quantitative estimate of drug-likeness (QED) is 0.398. The van der Waals surface area contributed by atoms with Gasteiger partial charge in [0.05, 0.1) is 19.9 Å². The number of phenolic OH excluding ortho intramolecular Hbond substituents is 1. The first-order chi connectivity index (χ1) is 15.1. The third-order valence-corrected chi connectivity index (χ3v) is 5.13. The Labute approximate surface area is 175 Å². The van der Waals surface area contributed by atoms with Crippen LogP contribution in [-0.4, -0.2) is 49.7 Å². The summed E-state index contributed by atoms with van der Waals surface area (Å²) >= 11 is 0. The number of fused-ring (bicyclic) bond motifs is 2. The molecule has 0 spiro atoms. The summed E-state index contributed by atoms with van der Waals surface area (Å²) in [6.07, 6.45) is 0. The molecule has 0 amide bonds. The van der Waals surface area contributed by atoms with E-state index in [0.29, 0.717) is 40.0 Å². The molecule has 0 saturated carbocycles. The molecule has 0 unspecified atom stereocenters. The summed E-state index contributed by atoms with van der Waals surface area (Å²) in [6, 6.07) is 11.4. The molecule has 4 aromatic rings. The summed E-state index contributed by atoms with van der Waals surface area (Å²) in [5.41, 5.74) is 2.46. The SMILES string of the molecule is COc1ccc(-c2n[nH]c(=O)c3c2[C@@H](c2ccc(O)cc2)n2nnnc2N3)cc1OC. The normalized spacial score (nSPS) is 14.3. The maximum absolute atomic E-state index is 12.7. The first-order valence-electron chi connectivity index (χ1n) is 9.29. The van der Waals surface area contributed by atoms with Crippen LogP contribution in [0.3, 0.4) is 0 Å². The van der Waals surface area contributed by atoms with Crippen molar-refractivity contribution in [3.8, 4) is 28.5 Å². The number of rotatable bonds is 4. The molecule has 3 N–H and O–H groups in total. The van der Waals surface area contributed by atoms with Gasteiger partial charge in [-0.25, -0.2) is 5.10 Å². The third-order valence-electron chi connectivity index (χ3n) is 5.13. The van der Waals surface area contributed by atoms with E-state index in [1.165, 1.54) is 0 Å². The molecule has 1 atom stereocenters. The van der Waals surface area contributed by atoms with Gasteiger partial charge in [-0.1, -0.05) is 17.2 Å². The Morgan fingerprint density at radius 1 is 1.06 bits per heavy atom. The Morgan fingerprint density at radius 3 is 2.58 bits per heavy atom. The Bertz CT molecular complexity index is 1330. The number of methoxy groups -OCH3 is 2. The molecule has 5 rings (SSSR count). The zero-order chi connectivity index (χ0) is 21.5. The van der Waals surface area contributed by atoms with E-state index in [1.807, 2.05) is 6.07 Å². The molecule has 156 valence electrons. The smallest absolute Gasteiger partial charge is 0.288 e. The molecule has 3 heterocycles. The van der Waals surface area contributed by atoms with Crippen LogP contribution in [0.25, 0.3) is 11.3 Å². The van der Waals surface area contributed by atoms with E-state index >= 15 is 0 Å². The predicted octanol–water partition coefficient (Wildman–Crippen LogP) is 1.84. The van der Waals surface area contributed by atoms with Crippen molar-refractivity contribution >= 4 is 11.6 Å². The van der Waals surface area contributed by atoms with Crippen molar-refractivity contribution in [2.24, 2.45) is 0 Å². The number of benzene rings is 2. The lowest BCUT2D eigenvalue weighted by atomic mass is 9.92. The van der Waals surface area contributed by atoms with Crippen molar-refractivity contribution in [3.63, 3.8) is 0 Å². The van der Waals surface area contributed by atoms with E-state index in [1.54, 1.807) is 55.3 Å². The predicted molar refractivity (Wildman–Crippen MR) is 110 cm³/mol. The number of tetrazole rings is 1. The van der Waals surface area contributed by atoms with Crippen molar-refractivity contribution in [3.05, 3.63) is 63.9 Å². The number of anilines is 2. The fraction of sp³-hybridized carbons (Fsp3) is 0.150. The van der Waals surface area contributed by atoms with Crippen LogP contribution in [0, 0.1) is 0 Å². The molecule has 1 aliphatic rings. The second-order valence-corrected chi connectivity index (χ2v) is 6.83. The Morgan fingerprint density at radius 2 is 1.84 bits per heavy atom. The molecular formula is C20H17N7O4. The number of phenols is 1. The highest BCUT2D eigenvalue weighted by atomic mass is 16.5. The van der Waals surface area contributed by atoms with E-state index < -0.39 is 11.6 Å². The standard InChI is InChI=1S/C20H17N7O4/c1-30-13-8-5-11(9-14(13)31-2)16-15-17(19(29)23-22-16)21-20-24-25-26-27(20)18(15)10-3-6-12(28)7-4-10/h3-9,18,28H,1-2H3,(H,23,29)(H,21,24,26)/t18-/m1/s1. The fourth-order valence-corrected chi connectivity index (χ4v) is 3.71. The van der Waals surface area contributed by atoms with Gasteiger partial charge in [0.15, 0.2) is 11.5 Å². The lowest BCUT2D eigenvalue weighted by molar-refractivity contribution is 0.355. The minimum atomic E-state index is -0.556. The molecule has 0 aliphatic carbocycles. The van der Waals surface area contributed by atoms with Crippen molar-refractivity contribution in [2.45, 2.75) is 6.04 Å². The van der Waals surface area contributed by atoms with Gasteiger partial charge in [0, 0.05) is 11.1 Å². The Hall–Kier alpha value is -4.41. The summed E-state index contributed by atoms with van der Waals surface area (Å²) in [5.74, 6) is 1.54. The van der Waals surface area contributed by atoms with Crippen molar-refractivity contribution < 1.29 is 14.6 Å². The van der Waals surface area contributed by atoms with Gasteiger partial charge in [0.25, 0.3) is 5.56 Å². The zero-order valence-electron chi connectivity index (χ0n) is 16.5. The molecular weight excluding hydrogens is 402 g/mol. The average Bonchev–Trinajstić information content (AvgIpc) is 3.27. The van der Waals surface area contributed by atoms with Crippen LogP contribution in [0.1, 0.15) is 17.2 Å². The molecule has 2 aromatic carbocycles. The molecule has 31 heavy (non-hydrogen) atoms. The van der Waals surface area contributed by atoms with Gasteiger partial charge < -0.3 is 19.9 Å². The molecule has 0 fully saturated rings. The highest BCUT2D eigenvalue weighted by molar-refractivity contribution is 5.76. The molecule has 2 aromatic heterocycles. The monoisotopic (exact) mass is 419 g/mol. The van der Waals surface area contributed by atoms with E-state index in [2.05, 4.69) is 31.0 Å². The first kappa shape index (κ1) is 18.6. The summed E-state index contributed by atoms with van der Waals surface area (Å²) in [6.45, 7) is 0. The molecule has 1 aliphatic heterocycles. The van der Waals surface area contributed by atoms with Gasteiger partial charge in [0.2, 0.25) is 5.95 Å². The highest BCUT2D eigenvalue weighted by Crippen LogP contribution is 2.42. The topological polar surface area (TPSA) is 140 Å². The average molecular weight is 419 g/mol. The summed E-state index contributed by atoms with van der Waals surface area (Å²) in [5, 5.41) is 31.4. The molecule has 11 nitrogen and oxygen atoms in total. The fourth-order valence-electron chi connectivity index (χ4n) is 3.71. The minimum absolute atomic E-state index is 0.124. The molecule has 11 heteroatoms. The van der Waals surface area contributed by atoms with Crippen LogP contribution in [0.4, 0.5) is 11.6 Å². The van der Waals surface area contributed by atoms with Gasteiger partial charge in [0.1, 0.15) is 17.5 Å². The minimum Gasteiger partial charge on any atom is -0.508 e. The van der Waals surface area contributed by atoms with Gasteiger partial charge in [-0.2, -0.15) is 9.78 Å². The Balaban J connectivity index is 1.78. The maximum atomic E-state index is 12.7. The number of nitrogens with zero attached hydrogens (tertiary/aromatic N) is 5. The van der Waals surface area contributed by atoms with Gasteiger partial charge in [-0.15, -0.1) is 0 Å². The summed E-state index contributed by atoms with van der Waals surface area (Å²) in [7, 11) is 3.10. The molecule has 0 saturated heterocycles. The van der Waals surface area contributed by atoms with Crippen LogP contribution in [-0.2, 0) is 0 Å². The number of nitrogens with one attached hydrogen (secondary N) is 2. The largest absolute Gasteiger partial charge is 0.508 e. The lowest BCUT2D eigenvalue weighted by Crippen LogP contribution is -2.29. The second-order valence-electron chi connectivity index (χ2n) is 6.83. The van der Waals surface area contributed by atoms with E-state index in [-0.39, 0.29) is 5.75 Å². The number of aromatic nitrogens is 6. The zero-order valence-corrected chi connectivity index (χ0v) is 16.5. The van der Waals surface area contributed by atoms with Crippen LogP contribution in [0.15, 0.2) is 47.3 Å². The first-order valence-corrected chi connectivity index (χ1v) is 9.29. The van der Waals surface area contributed by atoms with Gasteiger partial charge >= 0.3 is 0 Å². The second kappa shape index (κ2) is 7.13. The molecule has 0 bridgehead atoms. The van der Waals surface area contributed by atoms with Crippen LogP contribution in [0.5, 0.6) is 17.2 Å². The van der Waals surface area contributed by atoms with E-state index in [9.17, 15) is 9.90 Å². The van der Waals surface area contributed by atoms with E-state index in [0.717, 1.165) is 5.56 Å². The number of aromatic hydroxyl groups is 1. The molecule has 0 radical (unpaired) electrons. The highest BCUT2D eigenvalue weighted by Gasteiger charge is 2.34. The van der Waals surface area contributed by atoms with E-state index in [4.69, 9.17) is 9.47 Å². The van der Waals surface area contributed by atoms with Crippen molar-refractivity contribution in [1.29, 1.82) is 0 Å². The lowest BCUT2D eigenvalue weighted by Gasteiger charge is -2.28. The number of aromatic amines is 1. The number of ether oxygens (including phenoxy) is 2. The number of hydrogen-bond donors (Lipinski definition) is 3. The summed E-state index contributed by atoms with van der Waals surface area (Å²) in [4.78, 5) is 12.7. The van der Waals surface area contributed by atoms with Crippen LogP contribution >= 0.6 is 0 Å². The van der Waals surface area contributed by atoms with Gasteiger partial charge in [-0.3, -0.25) is 4.79 Å². The summed E-state index contributed by atoms with van der Waals surface area (Å²) < 4.78 is 12.3. The third kappa shape index (κ3) is 2.94. The number of hydrogen-bond acceptors (Lipinski definition) is 9. The van der Waals surface area contributed by atoms with Crippen molar-refractivity contribution in [2.75, 3.05) is 19.5 Å². The van der Waals surface area contributed by atoms with Crippen LogP contribution in [0.2, 0.25) is 0 Å². The number of H-pyrrole nitrogens is 1. The maximum Gasteiger partial charge on any atom is 0.288 e.